The van der Waals surface area contributed by atoms with E-state index in [9.17, 15) is 4.79 Å². The van der Waals surface area contributed by atoms with Crippen LogP contribution in [-0.4, -0.2) is 30.0 Å². The maximum Gasteiger partial charge on any atom is 0.246 e. The van der Waals surface area contributed by atoms with E-state index in [1.54, 1.807) is 0 Å². The Bertz CT molecular complexity index is 197. The molecule has 1 N–H and O–H groups in total. The van der Waals surface area contributed by atoms with Crippen molar-refractivity contribution in [2.75, 3.05) is 12.5 Å². The summed E-state index contributed by atoms with van der Waals surface area (Å²) in [4.78, 5) is 11.4. The van der Waals surface area contributed by atoms with Crippen LogP contribution in [0.25, 0.3) is 0 Å². The summed E-state index contributed by atoms with van der Waals surface area (Å²) in [6.07, 6.45) is 3.22. The van der Waals surface area contributed by atoms with Gasteiger partial charge in [0.15, 0.2) is 0 Å². The molecule has 0 aromatic heterocycles. The van der Waals surface area contributed by atoms with Crippen LogP contribution in [0.2, 0.25) is 0 Å². The van der Waals surface area contributed by atoms with Crippen LogP contribution in [0.5, 0.6) is 0 Å². The molecule has 0 atom stereocenters. The Balaban J connectivity index is 2.25. The van der Waals surface area contributed by atoms with E-state index in [-0.39, 0.29) is 24.2 Å². The third-order valence-electron chi connectivity index (χ3n) is 2.52. The molecule has 0 aliphatic heterocycles. The average molecular weight is 220 g/mol. The molecule has 0 bridgehead atoms. The van der Waals surface area contributed by atoms with Crippen LogP contribution in [0.1, 0.15) is 33.1 Å². The maximum atomic E-state index is 11.4. The first-order chi connectivity index (χ1) is 6.58. The SMILES string of the molecule is CC(C)OCC(=O)NC1(CCl)CCC1. The predicted octanol–water partition coefficient (Wildman–Crippen LogP) is 1.69. The number of rotatable bonds is 5. The van der Waals surface area contributed by atoms with Crippen molar-refractivity contribution in [2.45, 2.75) is 44.8 Å². The van der Waals surface area contributed by atoms with Gasteiger partial charge in [0, 0.05) is 5.88 Å². The largest absolute Gasteiger partial charge is 0.369 e. The van der Waals surface area contributed by atoms with Gasteiger partial charge >= 0.3 is 0 Å². The molecule has 0 radical (unpaired) electrons. The summed E-state index contributed by atoms with van der Waals surface area (Å²) in [6.45, 7) is 3.96. The molecule has 0 aromatic rings. The fourth-order valence-corrected chi connectivity index (χ4v) is 1.80. The summed E-state index contributed by atoms with van der Waals surface area (Å²) >= 11 is 5.81. The van der Waals surface area contributed by atoms with Gasteiger partial charge in [0.2, 0.25) is 5.91 Å². The van der Waals surface area contributed by atoms with Crippen molar-refractivity contribution in [3.8, 4) is 0 Å². The van der Waals surface area contributed by atoms with Crippen LogP contribution < -0.4 is 5.32 Å². The minimum atomic E-state index is -0.140. The second-order valence-electron chi connectivity index (χ2n) is 4.18. The van der Waals surface area contributed by atoms with E-state index in [1.807, 2.05) is 13.8 Å². The van der Waals surface area contributed by atoms with Crippen LogP contribution in [0.4, 0.5) is 0 Å². The van der Waals surface area contributed by atoms with E-state index in [4.69, 9.17) is 16.3 Å². The fraction of sp³-hybridized carbons (Fsp3) is 0.900. The zero-order valence-corrected chi connectivity index (χ0v) is 9.56. The lowest BCUT2D eigenvalue weighted by atomic mass is 9.78. The lowest BCUT2D eigenvalue weighted by Gasteiger charge is -2.41. The zero-order chi connectivity index (χ0) is 10.6. The van der Waals surface area contributed by atoms with Crippen molar-refractivity contribution in [1.82, 2.24) is 5.32 Å². The Morgan fingerprint density at radius 1 is 1.57 bits per heavy atom. The normalized spacial score (nSPS) is 19.1. The number of carbonyl (C=O) groups is 1. The molecule has 0 aromatic carbocycles. The Morgan fingerprint density at radius 2 is 2.21 bits per heavy atom. The highest BCUT2D eigenvalue weighted by Gasteiger charge is 2.37. The number of amides is 1. The van der Waals surface area contributed by atoms with Crippen LogP contribution >= 0.6 is 11.6 Å². The van der Waals surface area contributed by atoms with Gasteiger partial charge in [0.05, 0.1) is 11.6 Å². The first kappa shape index (κ1) is 11.8. The molecular weight excluding hydrogens is 202 g/mol. The van der Waals surface area contributed by atoms with Gasteiger partial charge in [0.25, 0.3) is 0 Å². The molecule has 1 aliphatic rings. The minimum absolute atomic E-state index is 0.0564. The molecule has 0 heterocycles. The van der Waals surface area contributed by atoms with Crippen molar-refractivity contribution in [1.29, 1.82) is 0 Å². The molecule has 0 unspecified atom stereocenters. The van der Waals surface area contributed by atoms with E-state index in [0.717, 1.165) is 19.3 Å². The standard InChI is InChI=1S/C10H18ClNO2/c1-8(2)14-6-9(13)12-10(7-11)4-3-5-10/h8H,3-7H2,1-2H3,(H,12,13). The second kappa shape index (κ2) is 4.99. The highest BCUT2D eigenvalue weighted by atomic mass is 35.5. The third-order valence-corrected chi connectivity index (χ3v) is 3.03. The monoisotopic (exact) mass is 219 g/mol. The summed E-state index contributed by atoms with van der Waals surface area (Å²) in [6, 6.07) is 0. The number of alkyl halides is 1. The number of halogens is 1. The summed E-state index contributed by atoms with van der Waals surface area (Å²) < 4.78 is 5.21. The number of nitrogens with one attached hydrogen (secondary N) is 1. The van der Waals surface area contributed by atoms with Crippen LogP contribution in [0.15, 0.2) is 0 Å². The van der Waals surface area contributed by atoms with Crippen molar-refractivity contribution in [3.63, 3.8) is 0 Å². The van der Waals surface area contributed by atoms with Crippen LogP contribution in [-0.2, 0) is 9.53 Å². The van der Waals surface area contributed by atoms with Gasteiger partial charge in [-0.25, -0.2) is 0 Å². The topological polar surface area (TPSA) is 38.3 Å². The van der Waals surface area contributed by atoms with Crippen LogP contribution in [0.3, 0.4) is 0 Å². The molecule has 0 saturated heterocycles. The van der Waals surface area contributed by atoms with Gasteiger partial charge in [-0.3, -0.25) is 4.79 Å². The Hall–Kier alpha value is -0.280. The highest BCUT2D eigenvalue weighted by Crippen LogP contribution is 2.32. The summed E-state index contributed by atoms with van der Waals surface area (Å²) in [5.41, 5.74) is -0.140. The molecule has 3 nitrogen and oxygen atoms in total. The van der Waals surface area contributed by atoms with Crippen molar-refractivity contribution in [3.05, 3.63) is 0 Å². The second-order valence-corrected chi connectivity index (χ2v) is 4.44. The Kier molecular flexibility index (Phi) is 4.20. The molecule has 1 fully saturated rings. The first-order valence-electron chi connectivity index (χ1n) is 5.06. The molecule has 1 amide bonds. The van der Waals surface area contributed by atoms with Crippen molar-refractivity contribution < 1.29 is 9.53 Å². The van der Waals surface area contributed by atoms with E-state index in [0.29, 0.717) is 5.88 Å². The number of hydrogen-bond donors (Lipinski definition) is 1. The van der Waals surface area contributed by atoms with E-state index >= 15 is 0 Å². The van der Waals surface area contributed by atoms with Gasteiger partial charge in [-0.1, -0.05) is 0 Å². The summed E-state index contributed by atoms with van der Waals surface area (Å²) in [5.74, 6) is 0.444. The molecule has 1 aliphatic carbocycles. The highest BCUT2D eigenvalue weighted by molar-refractivity contribution is 6.18. The molecule has 14 heavy (non-hydrogen) atoms. The molecule has 82 valence electrons. The van der Waals surface area contributed by atoms with E-state index < -0.39 is 0 Å². The van der Waals surface area contributed by atoms with Gasteiger partial charge in [-0.15, -0.1) is 11.6 Å². The Labute approximate surface area is 90.1 Å². The fourth-order valence-electron chi connectivity index (χ4n) is 1.47. The molecule has 4 heteroatoms. The van der Waals surface area contributed by atoms with Gasteiger partial charge in [-0.05, 0) is 33.1 Å². The number of ether oxygens (including phenoxy) is 1. The van der Waals surface area contributed by atoms with Crippen molar-refractivity contribution in [2.24, 2.45) is 0 Å². The molecule has 0 spiro atoms. The number of carbonyl (C=O) groups excluding carboxylic acids is 1. The molecular formula is C10H18ClNO2. The number of hydrogen-bond acceptors (Lipinski definition) is 2. The lowest BCUT2D eigenvalue weighted by molar-refractivity contribution is -0.129. The van der Waals surface area contributed by atoms with E-state index in [2.05, 4.69) is 5.32 Å². The third kappa shape index (κ3) is 3.14. The maximum absolute atomic E-state index is 11.4. The average Bonchev–Trinajstić information content (AvgIpc) is 2.08. The quantitative estimate of drug-likeness (QED) is 0.715. The van der Waals surface area contributed by atoms with Gasteiger partial charge in [-0.2, -0.15) is 0 Å². The van der Waals surface area contributed by atoms with Crippen molar-refractivity contribution >= 4 is 17.5 Å². The molecule has 1 rings (SSSR count). The summed E-state index contributed by atoms with van der Waals surface area (Å²) in [7, 11) is 0. The predicted molar refractivity (Wildman–Crippen MR) is 56.5 cm³/mol. The van der Waals surface area contributed by atoms with Gasteiger partial charge < -0.3 is 10.1 Å². The van der Waals surface area contributed by atoms with Gasteiger partial charge in [0.1, 0.15) is 6.61 Å². The minimum Gasteiger partial charge on any atom is -0.369 e. The van der Waals surface area contributed by atoms with Crippen LogP contribution in [0, 0.1) is 0 Å². The Morgan fingerprint density at radius 3 is 2.57 bits per heavy atom. The van der Waals surface area contributed by atoms with E-state index in [1.165, 1.54) is 0 Å². The molecule has 1 saturated carbocycles. The first-order valence-corrected chi connectivity index (χ1v) is 5.60. The smallest absolute Gasteiger partial charge is 0.246 e. The zero-order valence-electron chi connectivity index (χ0n) is 8.81. The lowest BCUT2D eigenvalue weighted by Crippen LogP contribution is -2.55. The summed E-state index contributed by atoms with van der Waals surface area (Å²) in [5, 5.41) is 2.94.